The lowest BCUT2D eigenvalue weighted by Gasteiger charge is -2.09. The molecule has 22 heavy (non-hydrogen) atoms. The Morgan fingerprint density at radius 1 is 0.955 bits per heavy atom. The largest absolute Gasteiger partial charge is 0.462 e. The fourth-order valence-corrected chi connectivity index (χ4v) is 1.96. The molecule has 0 aliphatic carbocycles. The Morgan fingerprint density at radius 2 is 1.64 bits per heavy atom. The number of esters is 2. The van der Waals surface area contributed by atoms with E-state index in [1.807, 2.05) is 32.0 Å². The van der Waals surface area contributed by atoms with Gasteiger partial charge in [-0.05, 0) is 56.2 Å². The molecule has 0 heterocycles. The van der Waals surface area contributed by atoms with Crippen LogP contribution in [0.4, 0.5) is 0 Å². The molecule has 2 rings (SSSR count). The summed E-state index contributed by atoms with van der Waals surface area (Å²) in [5, 5.41) is 0. The van der Waals surface area contributed by atoms with Crippen LogP contribution in [0.3, 0.4) is 0 Å². The highest BCUT2D eigenvalue weighted by atomic mass is 16.5. The van der Waals surface area contributed by atoms with Crippen molar-refractivity contribution in [2.45, 2.75) is 20.8 Å². The van der Waals surface area contributed by atoms with Crippen molar-refractivity contribution in [1.29, 1.82) is 0 Å². The van der Waals surface area contributed by atoms with Crippen LogP contribution >= 0.6 is 0 Å². The molecule has 0 N–H and O–H groups in total. The van der Waals surface area contributed by atoms with E-state index in [1.54, 1.807) is 25.1 Å². The molecule has 0 fully saturated rings. The van der Waals surface area contributed by atoms with E-state index in [4.69, 9.17) is 9.47 Å². The molecule has 4 nitrogen and oxygen atoms in total. The first-order valence-corrected chi connectivity index (χ1v) is 7.08. The zero-order valence-corrected chi connectivity index (χ0v) is 12.9. The summed E-state index contributed by atoms with van der Waals surface area (Å²) >= 11 is 0. The zero-order valence-electron chi connectivity index (χ0n) is 12.9. The van der Waals surface area contributed by atoms with Gasteiger partial charge < -0.3 is 9.47 Å². The topological polar surface area (TPSA) is 52.6 Å². The van der Waals surface area contributed by atoms with Crippen molar-refractivity contribution in [2.75, 3.05) is 6.61 Å². The third kappa shape index (κ3) is 3.73. The summed E-state index contributed by atoms with van der Waals surface area (Å²) in [6.07, 6.45) is 0. The summed E-state index contributed by atoms with van der Waals surface area (Å²) in [5.41, 5.74) is 2.53. The first-order chi connectivity index (χ1) is 10.5. The van der Waals surface area contributed by atoms with Crippen LogP contribution in [0, 0.1) is 13.8 Å². The zero-order chi connectivity index (χ0) is 16.1. The molecule has 0 bridgehead atoms. The maximum atomic E-state index is 12.2. The first-order valence-electron chi connectivity index (χ1n) is 7.08. The molecule has 0 unspecified atom stereocenters. The highest BCUT2D eigenvalue weighted by molar-refractivity contribution is 5.96. The van der Waals surface area contributed by atoms with Crippen LogP contribution < -0.4 is 4.74 Å². The van der Waals surface area contributed by atoms with Crippen molar-refractivity contribution in [2.24, 2.45) is 0 Å². The molecule has 0 spiro atoms. The Balaban J connectivity index is 2.21. The van der Waals surface area contributed by atoms with E-state index in [9.17, 15) is 9.59 Å². The molecule has 2 aromatic rings. The highest BCUT2D eigenvalue weighted by Gasteiger charge is 2.14. The summed E-state index contributed by atoms with van der Waals surface area (Å²) in [6, 6.07) is 12.0. The van der Waals surface area contributed by atoms with Gasteiger partial charge in [0.1, 0.15) is 5.75 Å². The van der Waals surface area contributed by atoms with Crippen LogP contribution in [0.5, 0.6) is 5.75 Å². The summed E-state index contributed by atoms with van der Waals surface area (Å²) in [5.74, 6) is -0.435. The Kier molecular flexibility index (Phi) is 4.94. The van der Waals surface area contributed by atoms with Gasteiger partial charge in [-0.15, -0.1) is 0 Å². The quantitative estimate of drug-likeness (QED) is 0.638. The Bertz CT molecular complexity index is 704. The molecule has 0 atom stereocenters. The predicted molar refractivity (Wildman–Crippen MR) is 83.3 cm³/mol. The van der Waals surface area contributed by atoms with E-state index in [2.05, 4.69) is 0 Å². The molecular formula is C18H18O4. The van der Waals surface area contributed by atoms with Crippen molar-refractivity contribution >= 4 is 11.9 Å². The van der Waals surface area contributed by atoms with Crippen LogP contribution in [0.25, 0.3) is 0 Å². The van der Waals surface area contributed by atoms with Crippen molar-refractivity contribution in [3.63, 3.8) is 0 Å². The summed E-state index contributed by atoms with van der Waals surface area (Å²) in [7, 11) is 0. The minimum absolute atomic E-state index is 0.288. The molecule has 0 amide bonds. The molecule has 4 heteroatoms. The molecule has 114 valence electrons. The molecular weight excluding hydrogens is 280 g/mol. The van der Waals surface area contributed by atoms with E-state index in [-0.39, 0.29) is 6.61 Å². The standard InChI is InChI=1S/C18H18O4/c1-4-21-17(19)14-6-5-7-15(11-14)18(20)22-16-10-12(2)8-9-13(16)3/h5-11H,4H2,1-3H3. The predicted octanol–water partition coefficient (Wildman–Crippen LogP) is 3.70. The van der Waals surface area contributed by atoms with E-state index < -0.39 is 11.9 Å². The second kappa shape index (κ2) is 6.89. The molecule has 0 aromatic heterocycles. The fraction of sp³-hybridized carbons (Fsp3) is 0.222. The lowest BCUT2D eigenvalue weighted by molar-refractivity contribution is 0.0526. The lowest BCUT2D eigenvalue weighted by atomic mass is 10.1. The van der Waals surface area contributed by atoms with Crippen molar-refractivity contribution < 1.29 is 19.1 Å². The number of aryl methyl sites for hydroxylation is 2. The number of ether oxygens (including phenoxy) is 2. The van der Waals surface area contributed by atoms with Gasteiger partial charge in [-0.25, -0.2) is 9.59 Å². The van der Waals surface area contributed by atoms with Gasteiger partial charge in [0.15, 0.2) is 0 Å². The number of hydrogen-bond acceptors (Lipinski definition) is 4. The fourth-order valence-electron chi connectivity index (χ4n) is 1.96. The average Bonchev–Trinajstić information content (AvgIpc) is 2.51. The summed E-state index contributed by atoms with van der Waals surface area (Å²) in [4.78, 5) is 23.9. The van der Waals surface area contributed by atoms with Gasteiger partial charge in [-0.3, -0.25) is 0 Å². The van der Waals surface area contributed by atoms with Crippen LogP contribution in [0.15, 0.2) is 42.5 Å². The van der Waals surface area contributed by atoms with Gasteiger partial charge in [0.2, 0.25) is 0 Å². The van der Waals surface area contributed by atoms with Gasteiger partial charge in [-0.2, -0.15) is 0 Å². The number of rotatable bonds is 4. The minimum Gasteiger partial charge on any atom is -0.462 e. The van der Waals surface area contributed by atoms with Crippen molar-refractivity contribution in [3.8, 4) is 5.75 Å². The highest BCUT2D eigenvalue weighted by Crippen LogP contribution is 2.20. The van der Waals surface area contributed by atoms with E-state index in [1.165, 1.54) is 6.07 Å². The monoisotopic (exact) mass is 298 g/mol. The van der Waals surface area contributed by atoms with Crippen LogP contribution in [0.1, 0.15) is 38.8 Å². The van der Waals surface area contributed by atoms with Gasteiger partial charge in [0.25, 0.3) is 0 Å². The van der Waals surface area contributed by atoms with Crippen LogP contribution in [-0.2, 0) is 4.74 Å². The van der Waals surface area contributed by atoms with Crippen molar-refractivity contribution in [3.05, 3.63) is 64.7 Å². The molecule has 0 aliphatic heterocycles. The van der Waals surface area contributed by atoms with Crippen LogP contribution in [-0.4, -0.2) is 18.5 Å². The lowest BCUT2D eigenvalue weighted by Crippen LogP contribution is -2.11. The maximum absolute atomic E-state index is 12.2. The third-order valence-corrected chi connectivity index (χ3v) is 3.16. The second-order valence-corrected chi connectivity index (χ2v) is 4.96. The van der Waals surface area contributed by atoms with Gasteiger partial charge in [0.05, 0.1) is 17.7 Å². The summed E-state index contributed by atoms with van der Waals surface area (Å²) in [6.45, 7) is 5.82. The molecule has 2 aromatic carbocycles. The molecule has 0 aliphatic rings. The molecule has 0 saturated carbocycles. The van der Waals surface area contributed by atoms with E-state index >= 15 is 0 Å². The number of benzene rings is 2. The molecule has 0 saturated heterocycles. The molecule has 0 radical (unpaired) electrons. The smallest absolute Gasteiger partial charge is 0.343 e. The van der Waals surface area contributed by atoms with Crippen molar-refractivity contribution in [1.82, 2.24) is 0 Å². The normalized spacial score (nSPS) is 10.1. The SMILES string of the molecule is CCOC(=O)c1cccc(C(=O)Oc2cc(C)ccc2C)c1. The minimum atomic E-state index is -0.500. The maximum Gasteiger partial charge on any atom is 0.343 e. The van der Waals surface area contributed by atoms with E-state index in [0.29, 0.717) is 16.9 Å². The van der Waals surface area contributed by atoms with E-state index in [0.717, 1.165) is 11.1 Å². The van der Waals surface area contributed by atoms with Gasteiger partial charge in [0, 0.05) is 0 Å². The number of carbonyl (C=O) groups is 2. The Morgan fingerprint density at radius 3 is 2.32 bits per heavy atom. The average molecular weight is 298 g/mol. The third-order valence-electron chi connectivity index (χ3n) is 3.16. The Labute approximate surface area is 129 Å². The first kappa shape index (κ1) is 15.8. The second-order valence-electron chi connectivity index (χ2n) is 4.96. The number of carbonyl (C=O) groups excluding carboxylic acids is 2. The Hall–Kier alpha value is -2.62. The van der Waals surface area contributed by atoms with Gasteiger partial charge >= 0.3 is 11.9 Å². The van der Waals surface area contributed by atoms with Gasteiger partial charge in [-0.1, -0.05) is 18.2 Å². The summed E-state index contributed by atoms with van der Waals surface area (Å²) < 4.78 is 10.3. The van der Waals surface area contributed by atoms with Crippen LogP contribution in [0.2, 0.25) is 0 Å². The number of hydrogen-bond donors (Lipinski definition) is 0.